The van der Waals surface area contributed by atoms with Crippen LogP contribution in [0.5, 0.6) is 0 Å². The topological polar surface area (TPSA) is 48.2 Å². The number of rotatable bonds is 4. The average molecular weight is 564 g/mol. The minimum atomic E-state index is 0.543. The number of imidazole rings is 1. The van der Waals surface area contributed by atoms with Gasteiger partial charge in [-0.2, -0.15) is 0 Å². The Morgan fingerprint density at radius 2 is 1.30 bits per heavy atom. The molecule has 0 aliphatic rings. The second-order valence-corrected chi connectivity index (χ2v) is 8.84. The van der Waals surface area contributed by atoms with Crippen LogP contribution < -0.4 is 5.73 Å². The number of hydrogen-bond donors (Lipinski definition) is 1. The second-order valence-electron chi connectivity index (χ2n) is 6.39. The zero-order chi connectivity index (χ0) is 21.3. The van der Waals surface area contributed by atoms with Crippen LogP contribution in [0, 0.1) is 4.32 Å². The third kappa shape index (κ3) is 4.21. The monoisotopic (exact) mass is 565 g/mol. The van der Waals surface area contributed by atoms with Gasteiger partial charge in [-0.15, -0.1) is 0 Å². The molecule has 0 saturated carbocycles. The van der Waals surface area contributed by atoms with Crippen molar-refractivity contribution in [2.75, 3.05) is 5.73 Å². The van der Waals surface area contributed by atoms with Gasteiger partial charge in [-0.25, -0.2) is 0 Å². The zero-order valence-corrected chi connectivity index (χ0v) is 20.4. The van der Waals surface area contributed by atoms with E-state index in [0.717, 1.165) is 27.1 Å². The van der Waals surface area contributed by atoms with E-state index in [9.17, 15) is 0 Å². The van der Waals surface area contributed by atoms with Crippen molar-refractivity contribution in [2.45, 2.75) is 0 Å². The minimum absolute atomic E-state index is 0.543. The van der Waals surface area contributed by atoms with E-state index >= 15 is 0 Å². The number of para-hydroxylation sites is 1. The molecule has 1 radical (unpaired) electrons. The van der Waals surface area contributed by atoms with Gasteiger partial charge in [-0.05, 0) is 0 Å². The molecule has 0 bridgehead atoms. The van der Waals surface area contributed by atoms with Gasteiger partial charge in [0.2, 0.25) is 0 Å². The fraction of sp³-hybridized carbons (Fsp3) is 0. The number of anilines is 1. The zero-order valence-electron chi connectivity index (χ0n) is 15.5. The van der Waals surface area contributed by atoms with E-state index in [2.05, 4.69) is 31.6 Å². The average Bonchev–Trinajstić information content (AvgIpc) is 3.01. The Balaban J connectivity index is 1.96. The molecule has 3 aromatic carbocycles. The number of aliphatic imine (C=N–C) groups is 1. The van der Waals surface area contributed by atoms with E-state index in [4.69, 9.17) is 33.9 Å². The van der Waals surface area contributed by atoms with Crippen LogP contribution in [0.4, 0.5) is 11.5 Å². The van der Waals surface area contributed by atoms with E-state index in [1.165, 1.54) is 0 Å². The number of nitrogens with zero attached hydrogens (tertiary/aromatic N) is 3. The van der Waals surface area contributed by atoms with Gasteiger partial charge in [-0.3, -0.25) is 0 Å². The van der Waals surface area contributed by atoms with Crippen LogP contribution >= 0.6 is 23.2 Å². The maximum atomic E-state index is 6.66. The number of aromatic nitrogens is 2. The first kappa shape index (κ1) is 21.2. The van der Waals surface area contributed by atoms with Crippen LogP contribution in [0.25, 0.3) is 11.4 Å². The quantitative estimate of drug-likeness (QED) is 0.272. The number of hydrogen-bond acceptors (Lipinski definition) is 2. The van der Waals surface area contributed by atoms with Crippen LogP contribution in [0.2, 0.25) is 10.0 Å². The maximum absolute atomic E-state index is 6.66. The van der Waals surface area contributed by atoms with Crippen LogP contribution in [0.3, 0.4) is 0 Å². The summed E-state index contributed by atoms with van der Waals surface area (Å²) in [5.41, 5.74) is 10.0. The van der Waals surface area contributed by atoms with Crippen LogP contribution in [0.1, 0.15) is 5.69 Å². The van der Waals surface area contributed by atoms with Gasteiger partial charge in [0.05, 0.1) is 0 Å². The van der Waals surface area contributed by atoms with Gasteiger partial charge < -0.3 is 0 Å². The predicted molar refractivity (Wildman–Crippen MR) is 127 cm³/mol. The molecule has 0 unspecified atom stereocenters. The summed E-state index contributed by atoms with van der Waals surface area (Å²) in [5.74, 6) is 0.543. The van der Waals surface area contributed by atoms with Crippen molar-refractivity contribution < 1.29 is 0 Å². The summed E-state index contributed by atoms with van der Waals surface area (Å²) < 4.78 is 5.45. The van der Waals surface area contributed by atoms with Gasteiger partial charge in [-0.1, -0.05) is 0 Å². The summed E-state index contributed by atoms with van der Waals surface area (Å²) in [7, 11) is 0. The molecule has 149 valence electrons. The van der Waals surface area contributed by atoms with E-state index < -0.39 is 0 Å². The van der Waals surface area contributed by atoms with Crippen LogP contribution in [-0.2, 0) is 0 Å². The third-order valence-corrected chi connectivity index (χ3v) is 6.32. The van der Waals surface area contributed by atoms with Gasteiger partial charge in [0.25, 0.3) is 0 Å². The van der Waals surface area contributed by atoms with Crippen LogP contribution in [0.15, 0.2) is 83.9 Å². The molecule has 2 N–H and O–H groups in total. The van der Waals surface area contributed by atoms with Crippen molar-refractivity contribution in [3.8, 4) is 11.4 Å². The Morgan fingerprint density at radius 1 is 0.767 bits per heavy atom. The molecule has 30 heavy (non-hydrogen) atoms. The van der Waals surface area contributed by atoms with Gasteiger partial charge >= 0.3 is 201 Å². The number of benzene rings is 3. The molecule has 4 nitrogen and oxygen atoms in total. The fourth-order valence-electron chi connectivity index (χ4n) is 3.07. The number of halogens is 2. The molecular formula is C22H15Cl2N4Se2. The molecule has 0 fully saturated rings. The summed E-state index contributed by atoms with van der Waals surface area (Å²) >= 11 is 18.3. The Bertz CT molecular complexity index is 1280. The molecule has 0 saturated heterocycles. The van der Waals surface area contributed by atoms with E-state index in [1.54, 1.807) is 12.1 Å². The van der Waals surface area contributed by atoms with Gasteiger partial charge in [0, 0.05) is 0 Å². The second kappa shape index (κ2) is 8.99. The Labute approximate surface area is 200 Å². The molecule has 4 aromatic rings. The molecular weight excluding hydrogens is 549 g/mol. The Morgan fingerprint density at radius 3 is 1.90 bits per heavy atom. The SMILES string of the molecule is Nc1c(C([Se])=Nc2ccc(Cl)cc2)n(-c2ccccc2)c(=[Se])n1-c1ccc(Cl)cc1. The first-order chi connectivity index (χ1) is 14.5. The van der Waals surface area contributed by atoms with Crippen molar-refractivity contribution >= 4 is 70.9 Å². The predicted octanol–water partition coefficient (Wildman–Crippen LogP) is 5.10. The fourth-order valence-corrected chi connectivity index (χ4v) is 4.79. The first-order valence-electron chi connectivity index (χ1n) is 8.92. The Kier molecular flexibility index (Phi) is 6.35. The molecule has 4 rings (SSSR count). The standard InChI is InChI=1S/C22H15Cl2N4Se2/c23-14-6-10-16(11-7-14)26-21(29)19-20(25)28(18-12-8-15(24)9-13-18)22(30)27(19)17-4-2-1-3-5-17/h1-13H,25H2. The molecule has 8 heteroatoms. The molecule has 0 spiro atoms. The van der Waals surface area contributed by atoms with Crippen LogP contribution in [-0.4, -0.2) is 45.3 Å². The van der Waals surface area contributed by atoms with Crippen molar-refractivity contribution in [2.24, 2.45) is 4.99 Å². The van der Waals surface area contributed by atoms with Gasteiger partial charge in [0.1, 0.15) is 0 Å². The Hall–Kier alpha value is -2.04. The van der Waals surface area contributed by atoms with Crippen molar-refractivity contribution in [3.63, 3.8) is 0 Å². The number of nitrogens with two attached hydrogens (primary N) is 1. The van der Waals surface area contributed by atoms with E-state index in [1.807, 2.05) is 75.9 Å². The van der Waals surface area contributed by atoms with E-state index in [-0.39, 0.29) is 0 Å². The summed E-state index contributed by atoms with van der Waals surface area (Å²) in [6, 6.07) is 24.8. The third-order valence-electron chi connectivity index (χ3n) is 4.45. The van der Waals surface area contributed by atoms with Crippen molar-refractivity contribution in [1.82, 2.24) is 9.13 Å². The number of nitrogen functional groups attached to an aromatic ring is 1. The molecule has 1 aromatic heterocycles. The molecule has 0 aliphatic heterocycles. The molecule has 1 heterocycles. The molecule has 0 amide bonds. The van der Waals surface area contributed by atoms with Crippen molar-refractivity contribution in [3.05, 3.63) is 98.9 Å². The molecule has 0 aliphatic carbocycles. The summed E-state index contributed by atoms with van der Waals surface area (Å²) in [6.07, 6.45) is 0. The summed E-state index contributed by atoms with van der Waals surface area (Å²) in [5, 5.41) is 1.32. The first-order valence-corrected chi connectivity index (χ1v) is 11.4. The summed E-state index contributed by atoms with van der Waals surface area (Å²) in [6.45, 7) is 0. The van der Waals surface area contributed by atoms with E-state index in [0.29, 0.717) is 20.5 Å². The normalized spacial score (nSPS) is 11.6. The summed E-state index contributed by atoms with van der Waals surface area (Å²) in [4.78, 5) is 4.73. The van der Waals surface area contributed by atoms with Gasteiger partial charge in [0.15, 0.2) is 0 Å². The van der Waals surface area contributed by atoms with Crippen molar-refractivity contribution in [1.29, 1.82) is 0 Å². The molecule has 0 atom stereocenters.